The van der Waals surface area contributed by atoms with E-state index in [4.69, 9.17) is 5.73 Å². The molecule has 0 saturated carbocycles. The van der Waals surface area contributed by atoms with Gasteiger partial charge < -0.3 is 10.8 Å². The zero-order valence-corrected chi connectivity index (χ0v) is 9.24. The third-order valence-electron chi connectivity index (χ3n) is 2.35. The highest BCUT2D eigenvalue weighted by Crippen LogP contribution is 2.12. The molecular weight excluding hydrogens is 220 g/mol. The van der Waals surface area contributed by atoms with Crippen molar-refractivity contribution >= 4 is 5.91 Å². The number of carbonyl (C=O) groups is 1. The fourth-order valence-corrected chi connectivity index (χ4v) is 1.36. The van der Waals surface area contributed by atoms with E-state index in [2.05, 4.69) is 10.1 Å². The summed E-state index contributed by atoms with van der Waals surface area (Å²) in [5.41, 5.74) is 6.17. The summed E-state index contributed by atoms with van der Waals surface area (Å²) in [7, 11) is 0. The van der Waals surface area contributed by atoms with Crippen LogP contribution in [0.25, 0.3) is 5.82 Å². The van der Waals surface area contributed by atoms with E-state index in [0.717, 1.165) is 5.56 Å². The lowest BCUT2D eigenvalue weighted by Crippen LogP contribution is -2.09. The third kappa shape index (κ3) is 2.31. The topological polar surface area (TPSA) is 94.0 Å². The number of rotatable bonds is 3. The molecule has 2 aromatic heterocycles. The standard InChI is InChI=1S/C11H12N4O2/c1-7(16)8-2-3-10(13-4-8)15-6-9(5-14-15)11(12)17/h2-7,16H,1H3,(H2,12,17)/t7-/m0/s1. The lowest BCUT2D eigenvalue weighted by Gasteiger charge is -2.05. The van der Waals surface area contributed by atoms with Crippen molar-refractivity contribution in [1.29, 1.82) is 0 Å². The first-order chi connectivity index (χ1) is 8.08. The number of nitrogens with two attached hydrogens (primary N) is 1. The smallest absolute Gasteiger partial charge is 0.251 e. The highest BCUT2D eigenvalue weighted by Gasteiger charge is 2.07. The maximum atomic E-state index is 10.9. The molecule has 2 rings (SSSR count). The second-order valence-electron chi connectivity index (χ2n) is 3.66. The van der Waals surface area contributed by atoms with E-state index in [-0.39, 0.29) is 0 Å². The Hall–Kier alpha value is -2.21. The van der Waals surface area contributed by atoms with E-state index in [0.29, 0.717) is 11.4 Å². The van der Waals surface area contributed by atoms with Gasteiger partial charge in [0.2, 0.25) is 0 Å². The molecule has 0 bridgehead atoms. The summed E-state index contributed by atoms with van der Waals surface area (Å²) < 4.78 is 1.45. The van der Waals surface area contributed by atoms with Crippen LogP contribution >= 0.6 is 0 Å². The molecule has 2 aromatic rings. The van der Waals surface area contributed by atoms with E-state index < -0.39 is 12.0 Å². The van der Waals surface area contributed by atoms with Crippen molar-refractivity contribution in [1.82, 2.24) is 14.8 Å². The number of hydrogen-bond acceptors (Lipinski definition) is 4. The zero-order chi connectivity index (χ0) is 12.4. The molecule has 1 amide bonds. The first-order valence-corrected chi connectivity index (χ1v) is 5.07. The zero-order valence-electron chi connectivity index (χ0n) is 9.24. The van der Waals surface area contributed by atoms with Crippen LogP contribution in [0.2, 0.25) is 0 Å². The first kappa shape index (κ1) is 11.3. The van der Waals surface area contributed by atoms with Crippen LogP contribution in [0, 0.1) is 0 Å². The van der Waals surface area contributed by atoms with E-state index in [1.807, 2.05) is 0 Å². The van der Waals surface area contributed by atoms with Gasteiger partial charge in [-0.25, -0.2) is 9.67 Å². The molecule has 0 aliphatic rings. The first-order valence-electron chi connectivity index (χ1n) is 5.07. The Bertz CT molecular complexity index is 531. The number of pyridine rings is 1. The Kier molecular flexibility index (Phi) is 2.88. The third-order valence-corrected chi connectivity index (χ3v) is 2.35. The second-order valence-corrected chi connectivity index (χ2v) is 3.66. The molecule has 6 heteroatoms. The van der Waals surface area contributed by atoms with Gasteiger partial charge in [0.05, 0.1) is 17.9 Å². The average molecular weight is 232 g/mol. The number of nitrogens with zero attached hydrogens (tertiary/aromatic N) is 3. The highest BCUT2D eigenvalue weighted by molar-refractivity contribution is 5.92. The largest absolute Gasteiger partial charge is 0.389 e. The van der Waals surface area contributed by atoms with Gasteiger partial charge in [0.1, 0.15) is 0 Å². The fraction of sp³-hybridized carbons (Fsp3) is 0.182. The summed E-state index contributed by atoms with van der Waals surface area (Å²) in [6.45, 7) is 1.66. The minimum atomic E-state index is -0.560. The van der Waals surface area contributed by atoms with Gasteiger partial charge in [0.15, 0.2) is 5.82 Å². The Balaban J connectivity index is 2.30. The van der Waals surface area contributed by atoms with Crippen molar-refractivity contribution in [3.05, 3.63) is 41.9 Å². The number of carbonyl (C=O) groups excluding carboxylic acids is 1. The van der Waals surface area contributed by atoms with Crippen molar-refractivity contribution < 1.29 is 9.90 Å². The van der Waals surface area contributed by atoms with Crippen LogP contribution in [0.1, 0.15) is 28.9 Å². The van der Waals surface area contributed by atoms with Gasteiger partial charge >= 0.3 is 0 Å². The molecule has 0 aliphatic carbocycles. The Morgan fingerprint density at radius 2 is 2.24 bits per heavy atom. The predicted molar refractivity (Wildman–Crippen MR) is 60.5 cm³/mol. The minimum absolute atomic E-state index is 0.325. The molecule has 1 atom stereocenters. The molecule has 0 radical (unpaired) electrons. The van der Waals surface area contributed by atoms with Crippen molar-refractivity contribution in [2.75, 3.05) is 0 Å². The lowest BCUT2D eigenvalue weighted by atomic mass is 10.2. The van der Waals surface area contributed by atoms with Crippen LogP contribution in [0.5, 0.6) is 0 Å². The van der Waals surface area contributed by atoms with Gasteiger partial charge in [-0.3, -0.25) is 4.79 Å². The van der Waals surface area contributed by atoms with E-state index in [9.17, 15) is 9.90 Å². The summed E-state index contributed by atoms with van der Waals surface area (Å²) in [5.74, 6) is 0.0266. The second kappa shape index (κ2) is 4.34. The number of hydrogen-bond donors (Lipinski definition) is 2. The van der Waals surface area contributed by atoms with Crippen molar-refractivity contribution in [3.8, 4) is 5.82 Å². The molecule has 0 unspecified atom stereocenters. The molecule has 88 valence electrons. The quantitative estimate of drug-likeness (QED) is 0.801. The fourth-order valence-electron chi connectivity index (χ4n) is 1.36. The van der Waals surface area contributed by atoms with Gasteiger partial charge in [0.25, 0.3) is 5.91 Å². The summed E-state index contributed by atoms with van der Waals surface area (Å²) >= 11 is 0. The van der Waals surface area contributed by atoms with Gasteiger partial charge in [-0.2, -0.15) is 5.10 Å². The predicted octanol–water partition coefficient (Wildman–Crippen LogP) is 0.420. The van der Waals surface area contributed by atoms with Gasteiger partial charge in [-0.15, -0.1) is 0 Å². The van der Waals surface area contributed by atoms with Gasteiger partial charge in [-0.1, -0.05) is 6.07 Å². The van der Waals surface area contributed by atoms with Crippen LogP contribution in [0.15, 0.2) is 30.7 Å². The van der Waals surface area contributed by atoms with Crippen LogP contribution in [0.3, 0.4) is 0 Å². The van der Waals surface area contributed by atoms with Crippen LogP contribution in [0.4, 0.5) is 0 Å². The Morgan fingerprint density at radius 1 is 1.47 bits per heavy atom. The summed E-state index contributed by atoms with van der Waals surface area (Å²) in [4.78, 5) is 15.0. The number of primary amides is 1. The molecule has 0 saturated heterocycles. The van der Waals surface area contributed by atoms with Crippen molar-refractivity contribution in [3.63, 3.8) is 0 Å². The van der Waals surface area contributed by atoms with E-state index >= 15 is 0 Å². The number of aliphatic hydroxyl groups is 1. The Labute approximate surface area is 97.7 Å². The molecule has 17 heavy (non-hydrogen) atoms. The molecule has 0 spiro atoms. The molecule has 3 N–H and O–H groups in total. The van der Waals surface area contributed by atoms with Crippen LogP contribution in [-0.2, 0) is 0 Å². The monoisotopic (exact) mass is 232 g/mol. The molecule has 6 nitrogen and oxygen atoms in total. The molecule has 0 aromatic carbocycles. The molecule has 0 fully saturated rings. The maximum Gasteiger partial charge on any atom is 0.251 e. The van der Waals surface area contributed by atoms with E-state index in [1.165, 1.54) is 17.1 Å². The SMILES string of the molecule is C[C@H](O)c1ccc(-n2cc(C(N)=O)cn2)nc1. The number of amides is 1. The Morgan fingerprint density at radius 3 is 2.71 bits per heavy atom. The van der Waals surface area contributed by atoms with Gasteiger partial charge in [-0.05, 0) is 18.6 Å². The normalized spacial score (nSPS) is 12.4. The molecular formula is C11H12N4O2. The highest BCUT2D eigenvalue weighted by atomic mass is 16.3. The van der Waals surface area contributed by atoms with Crippen molar-refractivity contribution in [2.24, 2.45) is 5.73 Å². The van der Waals surface area contributed by atoms with Crippen LogP contribution < -0.4 is 5.73 Å². The molecule has 2 heterocycles. The van der Waals surface area contributed by atoms with Crippen molar-refractivity contribution in [2.45, 2.75) is 13.0 Å². The minimum Gasteiger partial charge on any atom is -0.389 e. The summed E-state index contributed by atoms with van der Waals surface area (Å²) in [5, 5.41) is 13.3. The summed E-state index contributed by atoms with van der Waals surface area (Å²) in [6.07, 6.45) is 3.89. The lowest BCUT2D eigenvalue weighted by molar-refractivity contribution is 0.100. The van der Waals surface area contributed by atoms with Crippen LogP contribution in [-0.4, -0.2) is 25.8 Å². The maximum absolute atomic E-state index is 10.9. The number of aliphatic hydroxyl groups excluding tert-OH is 1. The summed E-state index contributed by atoms with van der Waals surface area (Å²) in [6, 6.07) is 3.46. The molecule has 0 aliphatic heterocycles. The average Bonchev–Trinajstić information content (AvgIpc) is 2.78. The van der Waals surface area contributed by atoms with Gasteiger partial charge in [0, 0.05) is 12.4 Å². The number of aromatic nitrogens is 3. The van der Waals surface area contributed by atoms with E-state index in [1.54, 1.807) is 25.3 Å².